The first-order valence-corrected chi connectivity index (χ1v) is 7.47. The number of para-hydroxylation sites is 1. The average Bonchev–Trinajstić information content (AvgIpc) is 2.51. The van der Waals surface area contributed by atoms with Crippen molar-refractivity contribution in [2.45, 2.75) is 26.8 Å². The highest BCUT2D eigenvalue weighted by Gasteiger charge is 2.16. The van der Waals surface area contributed by atoms with Gasteiger partial charge in [-0.15, -0.1) is 0 Å². The number of phenolic OH excluding ortho intramolecular Hbond substituents is 1. The van der Waals surface area contributed by atoms with Gasteiger partial charge in [0.2, 0.25) is 0 Å². The molecule has 22 heavy (non-hydrogen) atoms. The number of anilines is 1. The van der Waals surface area contributed by atoms with Crippen LogP contribution in [0.4, 0.5) is 5.69 Å². The Labute approximate surface area is 130 Å². The molecule has 3 nitrogen and oxygen atoms in total. The zero-order chi connectivity index (χ0) is 15.7. The zero-order valence-corrected chi connectivity index (χ0v) is 13.1. The standard InChI is InChI=1S/C19H20N2O/c1-12-11-17(14(3)21-15-7-5-4-6-8-15)19(22)18-16(12)10-9-13(2)20-18/h4-11,14,21-22H,1-3H3. The van der Waals surface area contributed by atoms with Crippen molar-refractivity contribution in [2.24, 2.45) is 0 Å². The van der Waals surface area contributed by atoms with Crippen LogP contribution in [0.5, 0.6) is 5.75 Å². The summed E-state index contributed by atoms with van der Waals surface area (Å²) in [6, 6.07) is 16.0. The molecule has 0 aliphatic carbocycles. The van der Waals surface area contributed by atoms with Crippen molar-refractivity contribution in [1.82, 2.24) is 4.98 Å². The number of hydrogen-bond acceptors (Lipinski definition) is 3. The molecule has 0 bridgehead atoms. The van der Waals surface area contributed by atoms with E-state index in [1.165, 1.54) is 0 Å². The highest BCUT2D eigenvalue weighted by atomic mass is 16.3. The summed E-state index contributed by atoms with van der Waals surface area (Å²) in [7, 11) is 0. The van der Waals surface area contributed by atoms with Crippen LogP contribution in [0.3, 0.4) is 0 Å². The van der Waals surface area contributed by atoms with Crippen LogP contribution in [0.15, 0.2) is 48.5 Å². The Balaban J connectivity index is 2.05. The first-order chi connectivity index (χ1) is 10.6. The number of nitrogens with zero attached hydrogens (tertiary/aromatic N) is 1. The number of fused-ring (bicyclic) bond motifs is 1. The van der Waals surface area contributed by atoms with Crippen molar-refractivity contribution in [1.29, 1.82) is 0 Å². The van der Waals surface area contributed by atoms with Crippen LogP contribution >= 0.6 is 0 Å². The molecule has 0 saturated heterocycles. The van der Waals surface area contributed by atoms with E-state index >= 15 is 0 Å². The van der Waals surface area contributed by atoms with E-state index in [2.05, 4.69) is 17.2 Å². The minimum absolute atomic E-state index is 0.00666. The number of phenols is 1. The van der Waals surface area contributed by atoms with Crippen LogP contribution in [0.2, 0.25) is 0 Å². The second-order valence-electron chi connectivity index (χ2n) is 5.71. The Morgan fingerprint density at radius 1 is 1.05 bits per heavy atom. The quantitative estimate of drug-likeness (QED) is 0.733. The monoisotopic (exact) mass is 292 g/mol. The van der Waals surface area contributed by atoms with Gasteiger partial charge in [0, 0.05) is 22.3 Å². The van der Waals surface area contributed by atoms with Gasteiger partial charge in [-0.2, -0.15) is 0 Å². The molecular formula is C19H20N2O. The first-order valence-electron chi connectivity index (χ1n) is 7.47. The Hall–Kier alpha value is -2.55. The van der Waals surface area contributed by atoms with Crippen molar-refractivity contribution in [3.8, 4) is 5.75 Å². The van der Waals surface area contributed by atoms with E-state index in [0.29, 0.717) is 5.52 Å². The highest BCUT2D eigenvalue weighted by Crippen LogP contribution is 2.35. The lowest BCUT2D eigenvalue weighted by molar-refractivity contribution is 0.470. The van der Waals surface area contributed by atoms with Gasteiger partial charge in [-0.05, 0) is 50.6 Å². The molecule has 0 saturated carbocycles. The molecule has 0 fully saturated rings. The van der Waals surface area contributed by atoms with E-state index in [4.69, 9.17) is 0 Å². The zero-order valence-electron chi connectivity index (χ0n) is 13.1. The molecular weight excluding hydrogens is 272 g/mol. The van der Waals surface area contributed by atoms with Crippen LogP contribution in [-0.2, 0) is 0 Å². The SMILES string of the molecule is Cc1ccc2c(C)cc(C(C)Nc3ccccc3)c(O)c2n1. The molecule has 0 radical (unpaired) electrons. The average molecular weight is 292 g/mol. The van der Waals surface area contributed by atoms with E-state index in [9.17, 15) is 5.11 Å². The number of aromatic nitrogens is 1. The van der Waals surface area contributed by atoms with Crippen molar-refractivity contribution < 1.29 is 5.11 Å². The predicted molar refractivity (Wildman–Crippen MR) is 91.4 cm³/mol. The van der Waals surface area contributed by atoms with Gasteiger partial charge >= 0.3 is 0 Å². The molecule has 1 atom stereocenters. The van der Waals surface area contributed by atoms with E-state index in [-0.39, 0.29) is 11.8 Å². The van der Waals surface area contributed by atoms with Gasteiger partial charge < -0.3 is 10.4 Å². The fourth-order valence-corrected chi connectivity index (χ4v) is 2.76. The van der Waals surface area contributed by atoms with Gasteiger partial charge in [-0.25, -0.2) is 4.98 Å². The Bertz CT molecular complexity index is 813. The molecule has 0 aliphatic heterocycles. The van der Waals surface area contributed by atoms with Crippen LogP contribution in [-0.4, -0.2) is 10.1 Å². The van der Waals surface area contributed by atoms with Gasteiger partial charge in [0.05, 0.1) is 6.04 Å². The molecule has 2 aromatic carbocycles. The normalized spacial score (nSPS) is 12.3. The molecule has 1 aromatic heterocycles. The predicted octanol–water partition coefficient (Wildman–Crippen LogP) is 4.73. The second-order valence-corrected chi connectivity index (χ2v) is 5.71. The topological polar surface area (TPSA) is 45.1 Å². The number of nitrogens with one attached hydrogen (secondary N) is 1. The summed E-state index contributed by atoms with van der Waals surface area (Å²) < 4.78 is 0. The minimum Gasteiger partial charge on any atom is -0.505 e. The molecule has 3 aromatic rings. The van der Waals surface area contributed by atoms with Crippen molar-refractivity contribution in [2.75, 3.05) is 5.32 Å². The smallest absolute Gasteiger partial charge is 0.147 e. The van der Waals surface area contributed by atoms with Gasteiger partial charge in [0.1, 0.15) is 11.3 Å². The number of hydrogen-bond donors (Lipinski definition) is 2. The maximum atomic E-state index is 10.6. The Morgan fingerprint density at radius 2 is 1.77 bits per heavy atom. The number of pyridine rings is 1. The lowest BCUT2D eigenvalue weighted by Gasteiger charge is -2.19. The maximum Gasteiger partial charge on any atom is 0.147 e. The summed E-state index contributed by atoms with van der Waals surface area (Å²) in [5.41, 5.74) is 4.60. The van der Waals surface area contributed by atoms with Gasteiger partial charge in [-0.3, -0.25) is 0 Å². The number of benzene rings is 2. The number of aryl methyl sites for hydroxylation is 2. The molecule has 1 heterocycles. The van der Waals surface area contributed by atoms with Crippen molar-refractivity contribution in [3.05, 3.63) is 65.4 Å². The molecule has 0 spiro atoms. The van der Waals surface area contributed by atoms with Gasteiger partial charge in [0.15, 0.2) is 0 Å². The largest absolute Gasteiger partial charge is 0.505 e. The summed E-state index contributed by atoms with van der Waals surface area (Å²) in [4.78, 5) is 4.51. The lowest BCUT2D eigenvalue weighted by Crippen LogP contribution is -2.07. The fourth-order valence-electron chi connectivity index (χ4n) is 2.76. The third-order valence-corrected chi connectivity index (χ3v) is 3.95. The summed E-state index contributed by atoms with van der Waals surface area (Å²) in [5.74, 6) is 0.264. The highest BCUT2D eigenvalue weighted by molar-refractivity contribution is 5.89. The Kier molecular flexibility index (Phi) is 3.72. The molecule has 3 heteroatoms. The second kappa shape index (κ2) is 5.68. The summed E-state index contributed by atoms with van der Waals surface area (Å²) in [6.07, 6.45) is 0. The number of rotatable bonds is 3. The van der Waals surface area contributed by atoms with Crippen molar-refractivity contribution >= 4 is 16.6 Å². The van der Waals surface area contributed by atoms with Crippen LogP contribution in [0.1, 0.15) is 29.8 Å². The first kappa shape index (κ1) is 14.4. The van der Waals surface area contributed by atoms with Crippen LogP contribution in [0, 0.1) is 13.8 Å². The summed E-state index contributed by atoms with van der Waals surface area (Å²) in [6.45, 7) is 6.03. The van der Waals surface area contributed by atoms with E-state index < -0.39 is 0 Å². The van der Waals surface area contributed by atoms with E-state index in [1.807, 2.05) is 62.4 Å². The molecule has 0 aliphatic rings. The third-order valence-electron chi connectivity index (χ3n) is 3.95. The summed E-state index contributed by atoms with van der Waals surface area (Å²) in [5, 5.41) is 15.1. The fraction of sp³-hybridized carbons (Fsp3) is 0.211. The van der Waals surface area contributed by atoms with Gasteiger partial charge in [-0.1, -0.05) is 24.3 Å². The lowest BCUT2D eigenvalue weighted by atomic mass is 9.99. The van der Waals surface area contributed by atoms with Gasteiger partial charge in [0.25, 0.3) is 0 Å². The molecule has 112 valence electrons. The third kappa shape index (κ3) is 2.62. The maximum absolute atomic E-state index is 10.6. The molecule has 0 amide bonds. The number of aromatic hydroxyl groups is 1. The van der Waals surface area contributed by atoms with E-state index in [1.54, 1.807) is 0 Å². The summed E-state index contributed by atoms with van der Waals surface area (Å²) >= 11 is 0. The van der Waals surface area contributed by atoms with E-state index in [0.717, 1.165) is 27.9 Å². The molecule has 2 N–H and O–H groups in total. The van der Waals surface area contributed by atoms with Crippen LogP contribution < -0.4 is 5.32 Å². The van der Waals surface area contributed by atoms with Crippen molar-refractivity contribution in [3.63, 3.8) is 0 Å². The van der Waals surface area contributed by atoms with Crippen LogP contribution in [0.25, 0.3) is 10.9 Å². The minimum atomic E-state index is -0.00666. The molecule has 3 rings (SSSR count). The molecule has 1 unspecified atom stereocenters. The Morgan fingerprint density at radius 3 is 2.50 bits per heavy atom.